The number of anilines is 3. The molecule has 2 aromatic heterocycles. The van der Waals surface area contributed by atoms with E-state index in [1.807, 2.05) is 0 Å². The van der Waals surface area contributed by atoms with Crippen molar-refractivity contribution in [3.63, 3.8) is 0 Å². The summed E-state index contributed by atoms with van der Waals surface area (Å²) in [7, 11) is 0. The summed E-state index contributed by atoms with van der Waals surface area (Å²) < 4.78 is 18.0. The van der Waals surface area contributed by atoms with Crippen molar-refractivity contribution in [1.82, 2.24) is 20.0 Å². The molecule has 3 aromatic rings. The third-order valence-electron chi connectivity index (χ3n) is 4.53. The maximum atomic E-state index is 13.1. The molecule has 28 heavy (non-hydrogen) atoms. The Morgan fingerprint density at radius 2 is 1.79 bits per heavy atom. The molecule has 0 aliphatic carbocycles. The first-order chi connectivity index (χ1) is 13.6. The van der Waals surface area contributed by atoms with E-state index in [2.05, 4.69) is 25.3 Å². The summed E-state index contributed by atoms with van der Waals surface area (Å²) in [4.78, 5) is 24.9. The molecule has 1 saturated heterocycles. The summed E-state index contributed by atoms with van der Waals surface area (Å²) in [5, 5.41) is 6.73. The van der Waals surface area contributed by atoms with Crippen LogP contribution >= 0.6 is 0 Å². The second kappa shape index (κ2) is 7.63. The molecule has 3 heterocycles. The minimum absolute atomic E-state index is 0.109. The lowest BCUT2D eigenvalue weighted by Crippen LogP contribution is -2.48. The molecule has 1 N–H and O–H groups in total. The highest BCUT2D eigenvalue weighted by Crippen LogP contribution is 2.18. The first-order valence-corrected chi connectivity index (χ1v) is 8.91. The van der Waals surface area contributed by atoms with Gasteiger partial charge in [0.05, 0.1) is 5.56 Å². The number of nitrogens with zero attached hydrogens (tertiary/aromatic N) is 5. The number of hydrogen-bond acceptors (Lipinski definition) is 7. The van der Waals surface area contributed by atoms with Crippen LogP contribution in [0.4, 0.5) is 21.8 Å². The number of piperazine rings is 1. The number of benzene rings is 1. The molecular weight excluding hydrogens is 363 g/mol. The minimum atomic E-state index is -0.255. The Morgan fingerprint density at radius 1 is 1.11 bits per heavy atom. The van der Waals surface area contributed by atoms with Crippen LogP contribution in [0.5, 0.6) is 0 Å². The first kappa shape index (κ1) is 17.9. The van der Waals surface area contributed by atoms with Gasteiger partial charge in [0, 0.05) is 50.3 Å². The molecule has 0 radical (unpaired) electrons. The standard InChI is InChI=1S/C19H19FN6O2/c1-13-10-17(24-28-13)23-19-21-11-14(12-22-19)18(27)26-8-6-25(7-9-26)16-4-2-15(20)3-5-16/h2-5,10-12H,6-9H2,1H3,(H,21,22,23,24). The molecule has 1 aromatic carbocycles. The van der Waals surface area contributed by atoms with Crippen LogP contribution in [0.3, 0.4) is 0 Å². The van der Waals surface area contributed by atoms with Gasteiger partial charge in [-0.3, -0.25) is 4.79 Å². The Morgan fingerprint density at radius 3 is 2.39 bits per heavy atom. The van der Waals surface area contributed by atoms with Crippen molar-refractivity contribution in [2.75, 3.05) is 36.4 Å². The molecule has 1 aliphatic heterocycles. The van der Waals surface area contributed by atoms with Gasteiger partial charge in [-0.15, -0.1) is 0 Å². The van der Waals surface area contributed by atoms with E-state index in [1.165, 1.54) is 24.5 Å². The lowest BCUT2D eigenvalue weighted by molar-refractivity contribution is 0.0746. The molecule has 4 rings (SSSR count). The maximum Gasteiger partial charge on any atom is 0.257 e. The number of aryl methyl sites for hydroxylation is 1. The Hall–Kier alpha value is -3.49. The van der Waals surface area contributed by atoms with Crippen LogP contribution in [-0.4, -0.2) is 52.1 Å². The Bertz CT molecular complexity index is 949. The van der Waals surface area contributed by atoms with Crippen LogP contribution in [0, 0.1) is 12.7 Å². The lowest BCUT2D eigenvalue weighted by Gasteiger charge is -2.36. The molecule has 0 spiro atoms. The first-order valence-electron chi connectivity index (χ1n) is 8.91. The third kappa shape index (κ3) is 3.93. The van der Waals surface area contributed by atoms with Crippen LogP contribution in [0.25, 0.3) is 0 Å². The van der Waals surface area contributed by atoms with E-state index in [9.17, 15) is 9.18 Å². The van der Waals surface area contributed by atoms with Gasteiger partial charge < -0.3 is 19.6 Å². The summed E-state index contributed by atoms with van der Waals surface area (Å²) in [6, 6.07) is 8.12. The van der Waals surface area contributed by atoms with Crippen molar-refractivity contribution in [2.45, 2.75) is 6.92 Å². The Balaban J connectivity index is 1.35. The normalized spacial score (nSPS) is 14.2. The molecule has 144 valence electrons. The molecular formula is C19H19FN6O2. The third-order valence-corrected chi connectivity index (χ3v) is 4.53. The molecule has 1 aliphatic rings. The van der Waals surface area contributed by atoms with Gasteiger partial charge in [-0.25, -0.2) is 14.4 Å². The fourth-order valence-corrected chi connectivity index (χ4v) is 3.05. The van der Waals surface area contributed by atoms with Gasteiger partial charge >= 0.3 is 0 Å². The molecule has 1 amide bonds. The van der Waals surface area contributed by atoms with Crippen molar-refractivity contribution < 1.29 is 13.7 Å². The van der Waals surface area contributed by atoms with Gasteiger partial charge in [0.15, 0.2) is 5.82 Å². The number of halogens is 1. The molecule has 0 atom stereocenters. The Labute approximate surface area is 161 Å². The van der Waals surface area contributed by atoms with Crippen LogP contribution in [0.1, 0.15) is 16.1 Å². The van der Waals surface area contributed by atoms with E-state index in [1.54, 1.807) is 30.0 Å². The molecule has 0 saturated carbocycles. The number of hydrogen-bond donors (Lipinski definition) is 1. The van der Waals surface area contributed by atoms with Gasteiger partial charge in [-0.1, -0.05) is 5.16 Å². The number of rotatable bonds is 4. The zero-order chi connectivity index (χ0) is 19.5. The van der Waals surface area contributed by atoms with Crippen LogP contribution in [-0.2, 0) is 0 Å². The summed E-state index contributed by atoms with van der Waals surface area (Å²) in [6.45, 7) is 4.31. The largest absolute Gasteiger partial charge is 0.368 e. The molecule has 8 nitrogen and oxygen atoms in total. The highest BCUT2D eigenvalue weighted by Gasteiger charge is 2.23. The smallest absolute Gasteiger partial charge is 0.257 e. The summed E-state index contributed by atoms with van der Waals surface area (Å²) >= 11 is 0. The van der Waals surface area contributed by atoms with Gasteiger partial charge in [0.1, 0.15) is 11.6 Å². The van der Waals surface area contributed by atoms with Crippen LogP contribution in [0.15, 0.2) is 47.2 Å². The SMILES string of the molecule is Cc1cc(Nc2ncc(C(=O)N3CCN(c4ccc(F)cc4)CC3)cn2)no1. The quantitative estimate of drug-likeness (QED) is 0.742. The summed E-state index contributed by atoms with van der Waals surface area (Å²) in [6.07, 6.45) is 2.99. The maximum absolute atomic E-state index is 13.1. The van der Waals surface area contributed by atoms with E-state index in [0.29, 0.717) is 49.3 Å². The van der Waals surface area contributed by atoms with Crippen LogP contribution in [0.2, 0.25) is 0 Å². The Kier molecular flexibility index (Phi) is 4.88. The van der Waals surface area contributed by atoms with E-state index in [4.69, 9.17) is 4.52 Å². The van der Waals surface area contributed by atoms with Gasteiger partial charge in [-0.05, 0) is 31.2 Å². The van der Waals surface area contributed by atoms with Gasteiger partial charge in [-0.2, -0.15) is 0 Å². The van der Waals surface area contributed by atoms with Gasteiger partial charge in [0.25, 0.3) is 5.91 Å². The van der Waals surface area contributed by atoms with E-state index in [-0.39, 0.29) is 11.7 Å². The number of carbonyl (C=O) groups is 1. The number of nitrogens with one attached hydrogen (secondary N) is 1. The van der Waals surface area contributed by atoms with Crippen molar-refractivity contribution in [3.8, 4) is 0 Å². The van der Waals surface area contributed by atoms with E-state index in [0.717, 1.165) is 5.69 Å². The van der Waals surface area contributed by atoms with Gasteiger partial charge in [0.2, 0.25) is 5.95 Å². The number of aromatic nitrogens is 3. The van der Waals surface area contributed by atoms with Crippen LogP contribution < -0.4 is 10.2 Å². The zero-order valence-corrected chi connectivity index (χ0v) is 15.3. The van der Waals surface area contributed by atoms with Crippen molar-refractivity contribution in [1.29, 1.82) is 0 Å². The topological polar surface area (TPSA) is 87.4 Å². The van der Waals surface area contributed by atoms with E-state index >= 15 is 0 Å². The highest BCUT2D eigenvalue weighted by atomic mass is 19.1. The predicted molar refractivity (Wildman–Crippen MR) is 101 cm³/mol. The average molecular weight is 382 g/mol. The number of amides is 1. The van der Waals surface area contributed by atoms with Crippen molar-refractivity contribution >= 4 is 23.4 Å². The molecule has 1 fully saturated rings. The lowest BCUT2D eigenvalue weighted by atomic mass is 10.2. The fourth-order valence-electron chi connectivity index (χ4n) is 3.05. The summed E-state index contributed by atoms with van der Waals surface area (Å²) in [5.41, 5.74) is 1.38. The monoisotopic (exact) mass is 382 g/mol. The fraction of sp³-hybridized carbons (Fsp3) is 0.263. The predicted octanol–water partition coefficient (Wildman–Crippen LogP) is 2.62. The second-order valence-corrected chi connectivity index (χ2v) is 6.50. The second-order valence-electron chi connectivity index (χ2n) is 6.50. The van der Waals surface area contributed by atoms with E-state index < -0.39 is 0 Å². The van der Waals surface area contributed by atoms with Crippen molar-refractivity contribution in [3.05, 3.63) is 59.9 Å². The molecule has 9 heteroatoms. The average Bonchev–Trinajstić information content (AvgIpc) is 3.13. The number of carbonyl (C=O) groups excluding carboxylic acids is 1. The molecule has 0 unspecified atom stereocenters. The zero-order valence-electron chi connectivity index (χ0n) is 15.3. The molecule has 0 bridgehead atoms. The highest BCUT2D eigenvalue weighted by molar-refractivity contribution is 5.93. The van der Waals surface area contributed by atoms with Crippen molar-refractivity contribution in [2.24, 2.45) is 0 Å². The summed E-state index contributed by atoms with van der Waals surface area (Å²) in [5.74, 6) is 1.16. The minimum Gasteiger partial charge on any atom is -0.368 e.